The van der Waals surface area contributed by atoms with Crippen LogP contribution in [0.4, 0.5) is 0 Å². The molecule has 1 unspecified atom stereocenters. The molecule has 4 nitrogen and oxygen atoms in total. The Hall–Kier alpha value is -0.840. The molecule has 1 saturated heterocycles. The summed E-state index contributed by atoms with van der Waals surface area (Å²) in [6, 6.07) is 4.49. The van der Waals surface area contributed by atoms with Crippen molar-refractivity contribution in [1.82, 2.24) is 9.80 Å². The monoisotopic (exact) mass is 237 g/mol. The first-order valence-electron chi connectivity index (χ1n) is 6.34. The van der Waals surface area contributed by atoms with Crippen LogP contribution in [0, 0.1) is 0 Å². The highest BCUT2D eigenvalue weighted by Crippen LogP contribution is 2.18. The molecule has 0 aliphatic carbocycles. The highest BCUT2D eigenvalue weighted by molar-refractivity contribution is 5.04. The van der Waals surface area contributed by atoms with Crippen molar-refractivity contribution < 1.29 is 4.42 Å². The van der Waals surface area contributed by atoms with Gasteiger partial charge in [0.1, 0.15) is 5.76 Å². The molecule has 1 fully saturated rings. The van der Waals surface area contributed by atoms with Crippen LogP contribution in [0.15, 0.2) is 22.8 Å². The van der Waals surface area contributed by atoms with E-state index in [4.69, 9.17) is 10.2 Å². The molecule has 1 aromatic heterocycles. The predicted molar refractivity (Wildman–Crippen MR) is 68.8 cm³/mol. The van der Waals surface area contributed by atoms with Gasteiger partial charge in [0.05, 0.1) is 12.3 Å². The molecule has 2 heterocycles. The summed E-state index contributed by atoms with van der Waals surface area (Å²) in [4.78, 5) is 4.76. The van der Waals surface area contributed by atoms with E-state index >= 15 is 0 Å². The average Bonchev–Trinajstić information content (AvgIpc) is 2.83. The summed E-state index contributed by atoms with van der Waals surface area (Å²) in [5.41, 5.74) is 6.13. The van der Waals surface area contributed by atoms with Crippen LogP contribution in [0.5, 0.6) is 0 Å². The number of piperidine rings is 1. The first kappa shape index (κ1) is 12.6. The maximum atomic E-state index is 6.13. The summed E-state index contributed by atoms with van der Waals surface area (Å²) in [5, 5.41) is 0. The summed E-state index contributed by atoms with van der Waals surface area (Å²) >= 11 is 0. The van der Waals surface area contributed by atoms with Gasteiger partial charge in [0.15, 0.2) is 0 Å². The summed E-state index contributed by atoms with van der Waals surface area (Å²) in [5.74, 6) is 0.879. The number of nitrogens with zero attached hydrogens (tertiary/aromatic N) is 2. The normalized spacial score (nSPS) is 20.9. The second kappa shape index (κ2) is 5.67. The Morgan fingerprint density at radius 3 is 2.82 bits per heavy atom. The minimum Gasteiger partial charge on any atom is -0.468 e. The second-order valence-corrected chi connectivity index (χ2v) is 5.10. The number of hydrogen-bond acceptors (Lipinski definition) is 4. The maximum Gasteiger partial charge on any atom is 0.121 e. The van der Waals surface area contributed by atoms with Gasteiger partial charge >= 0.3 is 0 Å². The van der Waals surface area contributed by atoms with Gasteiger partial charge in [-0.25, -0.2) is 0 Å². The highest BCUT2D eigenvalue weighted by atomic mass is 16.3. The van der Waals surface area contributed by atoms with Crippen LogP contribution in [0.1, 0.15) is 24.6 Å². The van der Waals surface area contributed by atoms with Crippen molar-refractivity contribution in [2.45, 2.75) is 24.9 Å². The quantitative estimate of drug-likeness (QED) is 0.857. The minimum atomic E-state index is -0.0188. The molecule has 1 aromatic rings. The van der Waals surface area contributed by atoms with Gasteiger partial charge in [-0.05, 0) is 52.2 Å². The molecule has 1 aliphatic heterocycles. The van der Waals surface area contributed by atoms with Crippen LogP contribution in [-0.2, 0) is 0 Å². The molecule has 0 bridgehead atoms. The third-order valence-corrected chi connectivity index (χ3v) is 3.70. The number of likely N-dealkylation sites (N-methyl/N-ethyl adjacent to an activating group) is 1. The molecule has 2 rings (SSSR count). The lowest BCUT2D eigenvalue weighted by molar-refractivity contribution is 0.136. The number of rotatable bonds is 4. The molecule has 0 radical (unpaired) electrons. The molecule has 1 aliphatic rings. The fourth-order valence-electron chi connectivity index (χ4n) is 2.49. The van der Waals surface area contributed by atoms with Crippen molar-refractivity contribution in [2.24, 2.45) is 5.73 Å². The van der Waals surface area contributed by atoms with E-state index in [1.54, 1.807) is 6.26 Å². The van der Waals surface area contributed by atoms with Gasteiger partial charge in [0.25, 0.3) is 0 Å². The lowest BCUT2D eigenvalue weighted by Crippen LogP contribution is -2.44. The topological polar surface area (TPSA) is 45.6 Å². The van der Waals surface area contributed by atoms with Gasteiger partial charge in [-0.3, -0.25) is 0 Å². The van der Waals surface area contributed by atoms with E-state index in [9.17, 15) is 0 Å². The summed E-state index contributed by atoms with van der Waals surface area (Å²) < 4.78 is 5.34. The van der Waals surface area contributed by atoms with Gasteiger partial charge in [0, 0.05) is 12.6 Å². The maximum absolute atomic E-state index is 6.13. The zero-order chi connectivity index (χ0) is 12.3. The van der Waals surface area contributed by atoms with Crippen molar-refractivity contribution in [2.75, 3.05) is 33.7 Å². The van der Waals surface area contributed by atoms with Crippen molar-refractivity contribution in [3.8, 4) is 0 Å². The lowest BCUT2D eigenvalue weighted by Gasteiger charge is -2.35. The number of likely N-dealkylation sites (tertiary alicyclic amines) is 1. The Balaban J connectivity index is 1.82. The van der Waals surface area contributed by atoms with Crippen molar-refractivity contribution in [3.63, 3.8) is 0 Å². The molecule has 0 amide bonds. The largest absolute Gasteiger partial charge is 0.468 e. The van der Waals surface area contributed by atoms with E-state index in [1.165, 1.54) is 25.9 Å². The van der Waals surface area contributed by atoms with Gasteiger partial charge < -0.3 is 20.0 Å². The smallest absolute Gasteiger partial charge is 0.121 e. The Kier molecular flexibility index (Phi) is 4.20. The number of hydrogen-bond donors (Lipinski definition) is 1. The van der Waals surface area contributed by atoms with Crippen LogP contribution in [0.2, 0.25) is 0 Å². The Labute approximate surface area is 103 Å². The molecule has 0 aromatic carbocycles. The fourth-order valence-corrected chi connectivity index (χ4v) is 2.49. The zero-order valence-corrected chi connectivity index (χ0v) is 10.8. The first-order chi connectivity index (χ1) is 8.16. The Morgan fingerprint density at radius 1 is 1.53 bits per heavy atom. The molecule has 2 N–H and O–H groups in total. The Bertz CT molecular complexity index is 317. The molecule has 4 heteroatoms. The number of nitrogens with two attached hydrogens (primary N) is 1. The summed E-state index contributed by atoms with van der Waals surface area (Å²) in [6.07, 6.45) is 4.15. The third-order valence-electron chi connectivity index (χ3n) is 3.70. The standard InChI is InChI=1S/C13H23N3O/c1-15-7-5-11(6-8-15)16(2)10-12(14)13-4-3-9-17-13/h3-4,9,11-12H,5-8,10,14H2,1-2H3. The molecular formula is C13H23N3O. The van der Waals surface area contributed by atoms with Crippen molar-refractivity contribution >= 4 is 0 Å². The summed E-state index contributed by atoms with van der Waals surface area (Å²) in [7, 11) is 4.35. The van der Waals surface area contributed by atoms with Gasteiger partial charge in [0.2, 0.25) is 0 Å². The summed E-state index contributed by atoms with van der Waals surface area (Å²) in [6.45, 7) is 3.23. The van der Waals surface area contributed by atoms with Gasteiger partial charge in [-0.2, -0.15) is 0 Å². The molecule has 96 valence electrons. The first-order valence-corrected chi connectivity index (χ1v) is 6.34. The molecule has 0 saturated carbocycles. The fraction of sp³-hybridized carbons (Fsp3) is 0.692. The zero-order valence-electron chi connectivity index (χ0n) is 10.8. The van der Waals surface area contributed by atoms with E-state index < -0.39 is 0 Å². The molecule has 17 heavy (non-hydrogen) atoms. The third kappa shape index (κ3) is 3.31. The van der Waals surface area contributed by atoms with Gasteiger partial charge in [-0.15, -0.1) is 0 Å². The Morgan fingerprint density at radius 2 is 2.24 bits per heavy atom. The second-order valence-electron chi connectivity index (χ2n) is 5.10. The SMILES string of the molecule is CN1CCC(N(C)CC(N)c2ccco2)CC1. The van der Waals surface area contributed by atoms with E-state index in [2.05, 4.69) is 23.9 Å². The number of furan rings is 1. The van der Waals surface area contributed by atoms with Crippen LogP contribution in [0.3, 0.4) is 0 Å². The van der Waals surface area contributed by atoms with Crippen LogP contribution >= 0.6 is 0 Å². The molecule has 1 atom stereocenters. The minimum absolute atomic E-state index is 0.0188. The van der Waals surface area contributed by atoms with Crippen LogP contribution in [-0.4, -0.2) is 49.6 Å². The predicted octanol–water partition coefficient (Wildman–Crippen LogP) is 1.31. The van der Waals surface area contributed by atoms with Crippen molar-refractivity contribution in [1.29, 1.82) is 0 Å². The van der Waals surface area contributed by atoms with Gasteiger partial charge in [-0.1, -0.05) is 0 Å². The van der Waals surface area contributed by atoms with Crippen LogP contribution in [0.25, 0.3) is 0 Å². The highest BCUT2D eigenvalue weighted by Gasteiger charge is 2.22. The molecular weight excluding hydrogens is 214 g/mol. The van der Waals surface area contributed by atoms with E-state index in [1.807, 2.05) is 12.1 Å². The average molecular weight is 237 g/mol. The molecule has 0 spiro atoms. The van der Waals surface area contributed by atoms with E-state index in [-0.39, 0.29) is 6.04 Å². The van der Waals surface area contributed by atoms with E-state index in [0.29, 0.717) is 6.04 Å². The van der Waals surface area contributed by atoms with E-state index in [0.717, 1.165) is 12.3 Å². The lowest BCUT2D eigenvalue weighted by atomic mass is 10.0. The van der Waals surface area contributed by atoms with Crippen molar-refractivity contribution in [3.05, 3.63) is 24.2 Å². The van der Waals surface area contributed by atoms with Crippen LogP contribution < -0.4 is 5.73 Å².